The first kappa shape index (κ1) is 16.2. The number of hydrogen-bond acceptors (Lipinski definition) is 4. The number of nitrogens with one attached hydrogen (secondary N) is 1. The van der Waals surface area contributed by atoms with E-state index in [0.29, 0.717) is 11.3 Å². The van der Waals surface area contributed by atoms with Gasteiger partial charge in [0.25, 0.3) is 0 Å². The van der Waals surface area contributed by atoms with E-state index in [-0.39, 0.29) is 0 Å². The predicted octanol–water partition coefficient (Wildman–Crippen LogP) is 3.05. The summed E-state index contributed by atoms with van der Waals surface area (Å²) in [5.41, 5.74) is 0. The predicted molar refractivity (Wildman–Crippen MR) is 91.9 cm³/mol. The number of imidazole rings is 1. The second kappa shape index (κ2) is 8.35. The average Bonchev–Trinajstić information content (AvgIpc) is 2.87. The highest BCUT2D eigenvalue weighted by atomic mass is 32.2. The van der Waals surface area contributed by atoms with Crippen LogP contribution in [-0.4, -0.2) is 44.1 Å². The summed E-state index contributed by atoms with van der Waals surface area (Å²) in [5, 5.41) is 5.13. The van der Waals surface area contributed by atoms with Crippen molar-refractivity contribution in [3.8, 4) is 0 Å². The molecule has 114 valence electrons. The number of likely N-dealkylation sites (N-methyl/N-ethyl adjacent to an activating group) is 1. The van der Waals surface area contributed by atoms with Gasteiger partial charge in [-0.1, -0.05) is 20.8 Å². The van der Waals surface area contributed by atoms with E-state index in [0.717, 1.165) is 24.8 Å². The number of aromatic nitrogens is 2. The van der Waals surface area contributed by atoms with Crippen molar-refractivity contribution in [1.29, 1.82) is 0 Å². The number of rotatable bonds is 7. The third kappa shape index (κ3) is 4.18. The van der Waals surface area contributed by atoms with E-state index < -0.39 is 0 Å². The van der Waals surface area contributed by atoms with Gasteiger partial charge in [-0.15, -0.1) is 0 Å². The molecule has 3 nitrogen and oxygen atoms in total. The zero-order valence-corrected chi connectivity index (χ0v) is 14.5. The number of thioether (sulfide) groups is 2. The summed E-state index contributed by atoms with van der Waals surface area (Å²) < 4.78 is 2.32. The molecule has 3 unspecified atom stereocenters. The first-order valence-corrected chi connectivity index (χ1v) is 9.82. The molecule has 3 atom stereocenters. The van der Waals surface area contributed by atoms with E-state index in [1.54, 1.807) is 0 Å². The average molecular weight is 314 g/mol. The van der Waals surface area contributed by atoms with Crippen molar-refractivity contribution in [1.82, 2.24) is 14.9 Å². The van der Waals surface area contributed by atoms with Gasteiger partial charge in [0, 0.05) is 53.4 Å². The van der Waals surface area contributed by atoms with Gasteiger partial charge in [-0.25, -0.2) is 4.98 Å². The molecule has 1 aromatic heterocycles. The molecule has 5 heteroatoms. The molecule has 1 N–H and O–H groups in total. The van der Waals surface area contributed by atoms with Crippen LogP contribution >= 0.6 is 23.5 Å². The van der Waals surface area contributed by atoms with Crippen LogP contribution in [0.25, 0.3) is 0 Å². The van der Waals surface area contributed by atoms with Crippen molar-refractivity contribution < 1.29 is 0 Å². The van der Waals surface area contributed by atoms with Crippen LogP contribution in [0, 0.1) is 0 Å². The summed E-state index contributed by atoms with van der Waals surface area (Å²) in [6, 6.07) is 0.533. The molecule has 0 aromatic carbocycles. The van der Waals surface area contributed by atoms with Crippen LogP contribution in [0.1, 0.15) is 33.0 Å². The Kier molecular flexibility index (Phi) is 6.78. The second-order valence-electron chi connectivity index (χ2n) is 5.32. The highest BCUT2D eigenvalue weighted by Crippen LogP contribution is 2.33. The largest absolute Gasteiger partial charge is 0.335 e. The van der Waals surface area contributed by atoms with Crippen LogP contribution < -0.4 is 5.32 Å². The summed E-state index contributed by atoms with van der Waals surface area (Å²) in [6.07, 6.45) is 6.28. The summed E-state index contributed by atoms with van der Waals surface area (Å²) in [7, 11) is 0. The topological polar surface area (TPSA) is 29.9 Å². The number of aryl methyl sites for hydroxylation is 1. The Morgan fingerprint density at radius 2 is 2.20 bits per heavy atom. The molecule has 0 amide bonds. The standard InChI is InChI=1S/C15H27N3S2/c1-4-7-18-8-6-17-14(18)11-13(16-5-2)15-12(3)19-9-10-20-15/h6,8,12-13,15-16H,4-5,7,9-11H2,1-3H3. The van der Waals surface area contributed by atoms with Gasteiger partial charge in [-0.05, 0) is 13.0 Å². The smallest absolute Gasteiger partial charge is 0.110 e. The molecule has 0 spiro atoms. The Morgan fingerprint density at radius 1 is 1.40 bits per heavy atom. The van der Waals surface area contributed by atoms with E-state index in [4.69, 9.17) is 0 Å². The van der Waals surface area contributed by atoms with E-state index in [2.05, 4.69) is 65.4 Å². The van der Waals surface area contributed by atoms with Crippen molar-refractivity contribution in [2.24, 2.45) is 0 Å². The molecule has 1 aliphatic heterocycles. The molecule has 1 saturated heterocycles. The SMILES string of the molecule is CCCn1ccnc1CC(NCC)C1SCCSC1C. The van der Waals surface area contributed by atoms with Crippen LogP contribution in [-0.2, 0) is 13.0 Å². The van der Waals surface area contributed by atoms with Gasteiger partial charge < -0.3 is 9.88 Å². The van der Waals surface area contributed by atoms with Crippen LogP contribution in [0.3, 0.4) is 0 Å². The van der Waals surface area contributed by atoms with Crippen molar-refractivity contribution in [3.05, 3.63) is 18.2 Å². The molecule has 0 saturated carbocycles. The minimum Gasteiger partial charge on any atom is -0.335 e. The maximum absolute atomic E-state index is 4.58. The number of hydrogen-bond donors (Lipinski definition) is 1. The van der Waals surface area contributed by atoms with Gasteiger partial charge in [0.15, 0.2) is 0 Å². The lowest BCUT2D eigenvalue weighted by Gasteiger charge is -2.35. The molecule has 2 heterocycles. The van der Waals surface area contributed by atoms with Crippen LogP contribution in [0.5, 0.6) is 0 Å². The van der Waals surface area contributed by atoms with Gasteiger partial charge >= 0.3 is 0 Å². The molecule has 1 aromatic rings. The molecular weight excluding hydrogens is 286 g/mol. The minimum absolute atomic E-state index is 0.533. The van der Waals surface area contributed by atoms with Crippen molar-refractivity contribution in [2.45, 2.75) is 56.7 Å². The van der Waals surface area contributed by atoms with Crippen LogP contribution in [0.15, 0.2) is 12.4 Å². The van der Waals surface area contributed by atoms with Crippen molar-refractivity contribution in [2.75, 3.05) is 18.1 Å². The number of nitrogens with zero attached hydrogens (tertiary/aromatic N) is 2. The molecule has 1 aliphatic rings. The summed E-state index contributed by atoms with van der Waals surface area (Å²) in [4.78, 5) is 4.58. The normalized spacial score (nSPS) is 24.8. The Hall–Kier alpha value is -0.130. The van der Waals surface area contributed by atoms with Crippen molar-refractivity contribution in [3.63, 3.8) is 0 Å². The fraction of sp³-hybridized carbons (Fsp3) is 0.800. The maximum atomic E-state index is 4.58. The van der Waals surface area contributed by atoms with Gasteiger partial charge in [-0.2, -0.15) is 23.5 Å². The maximum Gasteiger partial charge on any atom is 0.110 e. The Bertz CT molecular complexity index is 394. The van der Waals surface area contributed by atoms with Crippen molar-refractivity contribution >= 4 is 23.5 Å². The molecule has 1 fully saturated rings. The first-order chi connectivity index (χ1) is 9.76. The second-order valence-corrected chi connectivity index (χ2v) is 8.09. The summed E-state index contributed by atoms with van der Waals surface area (Å²) in [6.45, 7) is 8.92. The molecule has 0 aliphatic carbocycles. The monoisotopic (exact) mass is 313 g/mol. The summed E-state index contributed by atoms with van der Waals surface area (Å²) in [5.74, 6) is 3.82. The van der Waals surface area contributed by atoms with E-state index in [1.165, 1.54) is 23.8 Å². The van der Waals surface area contributed by atoms with E-state index in [9.17, 15) is 0 Å². The zero-order chi connectivity index (χ0) is 14.4. The molecule has 0 bridgehead atoms. The quantitative estimate of drug-likeness (QED) is 0.838. The fourth-order valence-corrected chi connectivity index (χ4v) is 5.79. The molecule has 0 radical (unpaired) electrons. The fourth-order valence-electron chi connectivity index (χ4n) is 2.83. The highest BCUT2D eigenvalue weighted by Gasteiger charge is 2.30. The van der Waals surface area contributed by atoms with E-state index >= 15 is 0 Å². The third-order valence-electron chi connectivity index (χ3n) is 3.77. The lowest BCUT2D eigenvalue weighted by molar-refractivity contribution is 0.478. The van der Waals surface area contributed by atoms with Gasteiger partial charge in [-0.3, -0.25) is 0 Å². The lowest BCUT2D eigenvalue weighted by Crippen LogP contribution is -2.46. The lowest BCUT2D eigenvalue weighted by atomic mass is 10.1. The first-order valence-electron chi connectivity index (χ1n) is 7.72. The molecule has 20 heavy (non-hydrogen) atoms. The van der Waals surface area contributed by atoms with Gasteiger partial charge in [0.2, 0.25) is 0 Å². The molecular formula is C15H27N3S2. The zero-order valence-electron chi connectivity index (χ0n) is 12.8. The minimum atomic E-state index is 0.533. The van der Waals surface area contributed by atoms with Crippen LogP contribution in [0.2, 0.25) is 0 Å². The van der Waals surface area contributed by atoms with Gasteiger partial charge in [0.05, 0.1) is 0 Å². The van der Waals surface area contributed by atoms with E-state index in [1.807, 2.05) is 6.20 Å². The Morgan fingerprint density at radius 3 is 2.90 bits per heavy atom. The Balaban J connectivity index is 2.06. The third-order valence-corrected chi connectivity index (χ3v) is 7.02. The summed E-state index contributed by atoms with van der Waals surface area (Å²) >= 11 is 4.26. The van der Waals surface area contributed by atoms with Crippen LogP contribution in [0.4, 0.5) is 0 Å². The highest BCUT2D eigenvalue weighted by molar-refractivity contribution is 8.07. The Labute approximate surface area is 131 Å². The molecule has 2 rings (SSSR count). The van der Waals surface area contributed by atoms with Gasteiger partial charge in [0.1, 0.15) is 5.82 Å².